The number of phenolic OH excluding ortho intramolecular Hbond substituents is 1. The van der Waals surface area contributed by atoms with Gasteiger partial charge in [-0.25, -0.2) is 9.59 Å². The highest BCUT2D eigenvalue weighted by Gasteiger charge is 2.21. The second kappa shape index (κ2) is 19.9. The van der Waals surface area contributed by atoms with E-state index in [1.807, 2.05) is 51.1 Å². The first kappa shape index (κ1) is 36.0. The maximum atomic E-state index is 12.2. The maximum absolute atomic E-state index is 12.2. The molecule has 0 aliphatic rings. The molecule has 0 bridgehead atoms. The van der Waals surface area contributed by atoms with Crippen LogP contribution in [0.2, 0.25) is 0 Å². The van der Waals surface area contributed by atoms with Gasteiger partial charge in [0.05, 0.1) is 13.2 Å². The van der Waals surface area contributed by atoms with Crippen molar-refractivity contribution < 1.29 is 43.2 Å². The average Bonchev–Trinajstić information content (AvgIpc) is 3.01. The third-order valence-corrected chi connectivity index (χ3v) is 6.25. The fourth-order valence-corrected chi connectivity index (χ4v) is 4.13. The van der Waals surface area contributed by atoms with E-state index in [1.165, 1.54) is 0 Å². The first-order valence-corrected chi connectivity index (χ1v) is 14.9. The zero-order valence-electron chi connectivity index (χ0n) is 26.2. The molecule has 0 amide bonds. The van der Waals surface area contributed by atoms with E-state index in [0.717, 1.165) is 16.7 Å². The van der Waals surface area contributed by atoms with Crippen LogP contribution in [0.5, 0.6) is 11.5 Å². The fraction of sp³-hybridized carbons (Fsp3) is 0.400. The molecule has 0 fully saturated rings. The summed E-state index contributed by atoms with van der Waals surface area (Å²) < 4.78 is 26.4. The van der Waals surface area contributed by atoms with E-state index in [4.69, 9.17) is 28.8 Å². The van der Waals surface area contributed by atoms with Gasteiger partial charge in [0.15, 0.2) is 24.6 Å². The summed E-state index contributed by atoms with van der Waals surface area (Å²) in [7, 11) is 0. The van der Waals surface area contributed by atoms with Crippen LogP contribution in [-0.2, 0) is 41.4 Å². The Kier molecular flexibility index (Phi) is 16.3. The van der Waals surface area contributed by atoms with Crippen molar-refractivity contribution >= 4 is 17.7 Å². The number of carbonyl (C=O) groups excluding carboxylic acids is 3. The van der Waals surface area contributed by atoms with Crippen molar-refractivity contribution in [2.24, 2.45) is 0 Å². The third kappa shape index (κ3) is 13.0. The number of aromatic hydroxyl groups is 1. The molecule has 238 valence electrons. The maximum Gasteiger partial charge on any atom is 0.335 e. The molecule has 9 nitrogen and oxygen atoms in total. The highest BCUT2D eigenvalue weighted by atomic mass is 16.6. The normalized spacial score (nSPS) is 11.8. The number of Topliss-reactive ketones (excluding diaryl/α,β-unsaturated/α-hetero) is 1. The Bertz CT molecular complexity index is 1290. The summed E-state index contributed by atoms with van der Waals surface area (Å²) in [4.78, 5) is 35.7. The molecule has 0 spiro atoms. The Balaban J connectivity index is 0.000000342. The molecule has 0 heterocycles. The Morgan fingerprint density at radius 2 is 1.18 bits per heavy atom. The van der Waals surface area contributed by atoms with Crippen LogP contribution in [0, 0.1) is 6.92 Å². The fourth-order valence-electron chi connectivity index (χ4n) is 4.13. The summed E-state index contributed by atoms with van der Waals surface area (Å²) >= 11 is 0. The van der Waals surface area contributed by atoms with Gasteiger partial charge in [-0.2, -0.15) is 0 Å². The summed E-state index contributed by atoms with van der Waals surface area (Å²) in [5, 5.41) is 9.16. The van der Waals surface area contributed by atoms with Crippen LogP contribution in [0.15, 0.2) is 72.8 Å². The average molecular weight is 609 g/mol. The van der Waals surface area contributed by atoms with Crippen molar-refractivity contribution in [3.05, 3.63) is 95.1 Å². The molecule has 44 heavy (non-hydrogen) atoms. The molecular formula is C35H44O9. The lowest BCUT2D eigenvalue weighted by Crippen LogP contribution is -2.28. The zero-order valence-corrected chi connectivity index (χ0v) is 26.2. The number of carbonyl (C=O) groups is 3. The highest BCUT2D eigenvalue weighted by Crippen LogP contribution is 2.16. The minimum atomic E-state index is -0.621. The molecule has 0 aliphatic carbocycles. The molecule has 0 saturated carbocycles. The lowest BCUT2D eigenvalue weighted by molar-refractivity contribution is -0.157. The van der Waals surface area contributed by atoms with Gasteiger partial charge in [0.2, 0.25) is 0 Å². The van der Waals surface area contributed by atoms with Crippen LogP contribution in [0.3, 0.4) is 0 Å². The molecule has 2 atom stereocenters. The van der Waals surface area contributed by atoms with Crippen LogP contribution < -0.4 is 4.74 Å². The van der Waals surface area contributed by atoms with Gasteiger partial charge in [-0.1, -0.05) is 48.0 Å². The molecule has 0 radical (unpaired) electrons. The van der Waals surface area contributed by atoms with Crippen molar-refractivity contribution in [1.82, 2.24) is 0 Å². The highest BCUT2D eigenvalue weighted by molar-refractivity contribution is 5.97. The monoisotopic (exact) mass is 608 g/mol. The number of phenols is 1. The van der Waals surface area contributed by atoms with Gasteiger partial charge >= 0.3 is 11.9 Å². The minimum Gasteiger partial charge on any atom is -0.508 e. The van der Waals surface area contributed by atoms with Gasteiger partial charge in [-0.15, -0.1) is 0 Å². The standard InChI is InChI=1S/C22H26O5.C13H18O4/c1-4-25-21(22(24)26-5-2)14-17-9-11-19(12-10-17)27-15-20(23)18-8-6-7-16(3)13-18;1-3-16-12(13(15)17-4-2)9-10-5-7-11(14)8-6-10/h6-13,21H,4-5,14-15H2,1-3H3;5-8,12,14H,3-4,9H2,1-2H3/t21-;12-/m00/s1. The van der Waals surface area contributed by atoms with E-state index in [1.54, 1.807) is 56.3 Å². The number of rotatable bonds is 16. The Hall–Kier alpha value is -4.21. The van der Waals surface area contributed by atoms with Gasteiger partial charge in [-0.05, 0) is 76.1 Å². The first-order chi connectivity index (χ1) is 21.2. The first-order valence-electron chi connectivity index (χ1n) is 14.9. The SMILES string of the molecule is CCOC(=O)[C@H](Cc1ccc(O)cc1)OCC.CCOC(=O)[C@H](Cc1ccc(OCC(=O)c2cccc(C)c2)cc1)OCC. The van der Waals surface area contributed by atoms with Gasteiger partial charge in [0, 0.05) is 31.6 Å². The number of aryl methyl sites for hydroxylation is 1. The quantitative estimate of drug-likeness (QED) is 0.162. The van der Waals surface area contributed by atoms with E-state index in [2.05, 4.69) is 0 Å². The van der Waals surface area contributed by atoms with Crippen LogP contribution in [0.1, 0.15) is 54.7 Å². The Labute approximate surface area is 260 Å². The van der Waals surface area contributed by atoms with Crippen molar-refractivity contribution in [1.29, 1.82) is 0 Å². The predicted molar refractivity (Wildman–Crippen MR) is 167 cm³/mol. The molecule has 9 heteroatoms. The van der Waals surface area contributed by atoms with Crippen LogP contribution in [-0.4, -0.2) is 68.1 Å². The lowest BCUT2D eigenvalue weighted by atomic mass is 10.1. The number of hydrogen-bond acceptors (Lipinski definition) is 9. The number of esters is 2. The number of hydrogen-bond donors (Lipinski definition) is 1. The van der Waals surface area contributed by atoms with E-state index in [9.17, 15) is 14.4 Å². The second-order valence-electron chi connectivity index (χ2n) is 9.69. The Morgan fingerprint density at radius 3 is 1.64 bits per heavy atom. The molecule has 0 aliphatic heterocycles. The lowest BCUT2D eigenvalue weighted by Gasteiger charge is -2.15. The van der Waals surface area contributed by atoms with Gasteiger partial charge < -0.3 is 28.8 Å². The number of benzene rings is 3. The second-order valence-corrected chi connectivity index (χ2v) is 9.69. The van der Waals surface area contributed by atoms with Crippen molar-refractivity contribution in [2.75, 3.05) is 33.0 Å². The molecule has 3 aromatic carbocycles. The molecule has 0 aromatic heterocycles. The van der Waals surface area contributed by atoms with Crippen LogP contribution in [0.4, 0.5) is 0 Å². The zero-order chi connectivity index (χ0) is 32.3. The van der Waals surface area contributed by atoms with Crippen molar-refractivity contribution in [2.45, 2.75) is 59.7 Å². The van der Waals surface area contributed by atoms with Crippen molar-refractivity contribution in [3.63, 3.8) is 0 Å². The van der Waals surface area contributed by atoms with Gasteiger partial charge in [0.25, 0.3) is 0 Å². The van der Waals surface area contributed by atoms with E-state index >= 15 is 0 Å². The summed E-state index contributed by atoms with van der Waals surface area (Å²) in [6, 6.07) is 21.4. The summed E-state index contributed by atoms with van der Waals surface area (Å²) in [6.45, 7) is 10.7. The molecule has 0 saturated heterocycles. The predicted octanol–water partition coefficient (Wildman–Crippen LogP) is 5.67. The van der Waals surface area contributed by atoms with E-state index in [-0.39, 0.29) is 30.1 Å². The van der Waals surface area contributed by atoms with Crippen LogP contribution in [0.25, 0.3) is 0 Å². The summed E-state index contributed by atoms with van der Waals surface area (Å²) in [5.74, 6) is 0.0362. The topological polar surface area (TPSA) is 118 Å². The largest absolute Gasteiger partial charge is 0.508 e. The van der Waals surface area contributed by atoms with E-state index < -0.39 is 12.2 Å². The molecule has 1 N–H and O–H groups in total. The Morgan fingerprint density at radius 1 is 0.682 bits per heavy atom. The van der Waals surface area contributed by atoms with Crippen LogP contribution >= 0.6 is 0 Å². The third-order valence-electron chi connectivity index (χ3n) is 6.25. The minimum absolute atomic E-state index is 0.0206. The van der Waals surface area contributed by atoms with Gasteiger partial charge in [-0.3, -0.25) is 4.79 Å². The molecule has 3 aromatic rings. The van der Waals surface area contributed by atoms with Gasteiger partial charge in [0.1, 0.15) is 11.5 Å². The van der Waals surface area contributed by atoms with E-state index in [0.29, 0.717) is 50.6 Å². The summed E-state index contributed by atoms with van der Waals surface area (Å²) in [6.07, 6.45) is -0.323. The number of ether oxygens (including phenoxy) is 5. The molecule has 0 unspecified atom stereocenters. The molecule has 3 rings (SSSR count). The summed E-state index contributed by atoms with van der Waals surface area (Å²) in [5.41, 5.74) is 3.53. The molecular weight excluding hydrogens is 564 g/mol. The smallest absolute Gasteiger partial charge is 0.335 e. The van der Waals surface area contributed by atoms with Crippen molar-refractivity contribution in [3.8, 4) is 11.5 Å². The number of ketones is 1.